The van der Waals surface area contributed by atoms with Gasteiger partial charge in [0.2, 0.25) is 15.9 Å². The molecule has 1 heterocycles. The summed E-state index contributed by atoms with van der Waals surface area (Å²) in [6.07, 6.45) is 0.517. The van der Waals surface area contributed by atoms with Gasteiger partial charge in [0.1, 0.15) is 16.5 Å². The third-order valence-electron chi connectivity index (χ3n) is 5.00. The first-order valence-corrected chi connectivity index (χ1v) is 11.2. The van der Waals surface area contributed by atoms with Crippen LogP contribution in [0.25, 0.3) is 0 Å². The maximum atomic E-state index is 14.5. The van der Waals surface area contributed by atoms with Crippen molar-refractivity contribution in [3.63, 3.8) is 0 Å². The topological polar surface area (TPSA) is 92.8 Å². The van der Waals surface area contributed by atoms with Crippen LogP contribution in [0.2, 0.25) is 0 Å². The number of piperidine rings is 1. The molecule has 31 heavy (non-hydrogen) atoms. The second kappa shape index (κ2) is 9.52. The van der Waals surface area contributed by atoms with Gasteiger partial charge in [0, 0.05) is 24.7 Å². The largest absolute Gasteiger partial charge is 0.462 e. The molecule has 1 aliphatic heterocycles. The molecule has 0 radical (unpaired) electrons. The van der Waals surface area contributed by atoms with Gasteiger partial charge in [-0.15, -0.1) is 0 Å². The third-order valence-corrected chi connectivity index (χ3v) is 6.93. The summed E-state index contributed by atoms with van der Waals surface area (Å²) in [7, 11) is -4.13. The van der Waals surface area contributed by atoms with Crippen LogP contribution in [0.5, 0.6) is 0 Å². The van der Waals surface area contributed by atoms with Gasteiger partial charge in [-0.25, -0.2) is 22.0 Å². The van der Waals surface area contributed by atoms with E-state index in [1.807, 2.05) is 0 Å². The molecule has 3 rings (SSSR count). The van der Waals surface area contributed by atoms with Crippen LogP contribution in [0.3, 0.4) is 0 Å². The fourth-order valence-electron chi connectivity index (χ4n) is 3.33. The van der Waals surface area contributed by atoms with Crippen molar-refractivity contribution >= 4 is 27.6 Å². The van der Waals surface area contributed by atoms with E-state index in [4.69, 9.17) is 4.74 Å². The molecule has 0 atom stereocenters. The fourth-order valence-corrected chi connectivity index (χ4v) is 4.84. The summed E-state index contributed by atoms with van der Waals surface area (Å²) >= 11 is 0. The molecule has 2 aromatic carbocycles. The number of amides is 1. The summed E-state index contributed by atoms with van der Waals surface area (Å²) in [5.41, 5.74) is 0.375. The third kappa shape index (κ3) is 5.26. The zero-order valence-corrected chi connectivity index (χ0v) is 17.6. The highest BCUT2D eigenvalue weighted by atomic mass is 32.2. The lowest BCUT2D eigenvalue weighted by Gasteiger charge is -2.30. The van der Waals surface area contributed by atoms with Crippen molar-refractivity contribution in [3.8, 4) is 0 Å². The molecule has 1 N–H and O–H groups in total. The molecule has 0 bridgehead atoms. The zero-order valence-electron chi connectivity index (χ0n) is 16.8. The Morgan fingerprint density at radius 1 is 1.10 bits per heavy atom. The van der Waals surface area contributed by atoms with Crippen LogP contribution < -0.4 is 5.32 Å². The van der Waals surface area contributed by atoms with Crippen molar-refractivity contribution in [2.45, 2.75) is 24.7 Å². The summed E-state index contributed by atoms with van der Waals surface area (Å²) in [5, 5.41) is 2.68. The highest BCUT2D eigenvalue weighted by Crippen LogP contribution is 2.27. The summed E-state index contributed by atoms with van der Waals surface area (Å²) in [6.45, 7) is 1.81. The Bertz CT molecular complexity index is 1070. The smallest absolute Gasteiger partial charge is 0.338 e. The molecule has 1 aliphatic rings. The van der Waals surface area contributed by atoms with Crippen LogP contribution in [-0.2, 0) is 19.6 Å². The second-order valence-corrected chi connectivity index (χ2v) is 8.95. The van der Waals surface area contributed by atoms with Crippen LogP contribution in [-0.4, -0.2) is 44.3 Å². The lowest BCUT2D eigenvalue weighted by molar-refractivity contribution is -0.120. The number of hydrogen-bond acceptors (Lipinski definition) is 5. The average Bonchev–Trinajstić information content (AvgIpc) is 2.75. The number of anilines is 1. The van der Waals surface area contributed by atoms with Gasteiger partial charge in [-0.3, -0.25) is 4.79 Å². The second-order valence-electron chi connectivity index (χ2n) is 7.04. The van der Waals surface area contributed by atoms with E-state index < -0.39 is 38.4 Å². The van der Waals surface area contributed by atoms with Crippen molar-refractivity contribution in [1.82, 2.24) is 4.31 Å². The van der Waals surface area contributed by atoms with E-state index in [9.17, 15) is 26.8 Å². The molecule has 0 aliphatic carbocycles. The predicted molar refractivity (Wildman–Crippen MR) is 109 cm³/mol. The van der Waals surface area contributed by atoms with Crippen molar-refractivity contribution in [2.75, 3.05) is 25.0 Å². The van der Waals surface area contributed by atoms with Gasteiger partial charge in [-0.1, -0.05) is 0 Å². The van der Waals surface area contributed by atoms with Gasteiger partial charge in [0.15, 0.2) is 0 Å². The van der Waals surface area contributed by atoms with Crippen LogP contribution >= 0.6 is 0 Å². The number of halogens is 2. The quantitative estimate of drug-likeness (QED) is 0.680. The van der Waals surface area contributed by atoms with Crippen molar-refractivity contribution in [2.24, 2.45) is 5.92 Å². The Morgan fingerprint density at radius 3 is 2.32 bits per heavy atom. The Morgan fingerprint density at radius 2 is 1.74 bits per heavy atom. The first-order chi connectivity index (χ1) is 14.7. The number of carbonyl (C=O) groups is 2. The molecule has 0 saturated carbocycles. The Kier molecular flexibility index (Phi) is 7.01. The van der Waals surface area contributed by atoms with E-state index in [1.165, 1.54) is 30.3 Å². The highest BCUT2D eigenvalue weighted by molar-refractivity contribution is 7.89. The number of carbonyl (C=O) groups excluding carboxylic acids is 2. The van der Waals surface area contributed by atoms with Gasteiger partial charge < -0.3 is 10.1 Å². The van der Waals surface area contributed by atoms with Crippen LogP contribution in [0, 0.1) is 17.6 Å². The molecule has 0 unspecified atom stereocenters. The summed E-state index contributed by atoms with van der Waals surface area (Å²) < 4.78 is 59.0. The van der Waals surface area contributed by atoms with E-state index in [1.54, 1.807) is 6.92 Å². The summed E-state index contributed by atoms with van der Waals surface area (Å²) in [6, 6.07) is 8.43. The minimum atomic E-state index is -4.13. The van der Waals surface area contributed by atoms with Gasteiger partial charge in [-0.05, 0) is 62.2 Å². The normalized spacial score (nSPS) is 15.5. The van der Waals surface area contributed by atoms with E-state index in [0.29, 0.717) is 5.69 Å². The minimum absolute atomic E-state index is 0.0445. The number of rotatable bonds is 6. The summed E-state index contributed by atoms with van der Waals surface area (Å²) in [5.74, 6) is -2.90. The van der Waals surface area contributed by atoms with Crippen LogP contribution in [0.4, 0.5) is 14.5 Å². The van der Waals surface area contributed by atoms with Crippen LogP contribution in [0.1, 0.15) is 30.1 Å². The van der Waals surface area contributed by atoms with E-state index >= 15 is 0 Å². The average molecular weight is 452 g/mol. The molecule has 1 fully saturated rings. The van der Waals surface area contributed by atoms with Gasteiger partial charge in [0.25, 0.3) is 0 Å². The number of nitrogens with zero attached hydrogens (tertiary/aromatic N) is 1. The predicted octanol–water partition coefficient (Wildman–Crippen LogP) is 3.18. The van der Waals surface area contributed by atoms with Crippen molar-refractivity contribution in [3.05, 3.63) is 59.7 Å². The zero-order chi connectivity index (χ0) is 22.6. The van der Waals surface area contributed by atoms with Crippen LogP contribution in [0.15, 0.2) is 47.4 Å². The number of nitrogens with one attached hydrogen (secondary N) is 1. The number of sulfonamides is 1. The first-order valence-electron chi connectivity index (χ1n) is 9.75. The van der Waals surface area contributed by atoms with Gasteiger partial charge in [-0.2, -0.15) is 4.31 Å². The standard InChI is InChI=1S/C21H22F2N2O5S/c1-2-30-21(27)15-3-8-19(18(23)13-15)31(28,29)25-11-9-14(10-12-25)20(26)24-17-6-4-16(22)5-7-17/h3-8,13-14H,2,9-12H2,1H3,(H,24,26). The van der Waals surface area contributed by atoms with Crippen molar-refractivity contribution < 1.29 is 31.5 Å². The Labute approximate surface area is 179 Å². The first kappa shape index (κ1) is 22.8. The maximum absolute atomic E-state index is 14.5. The number of benzene rings is 2. The summed E-state index contributed by atoms with van der Waals surface area (Å²) in [4.78, 5) is 23.6. The van der Waals surface area contributed by atoms with Gasteiger partial charge >= 0.3 is 5.97 Å². The number of ether oxygens (including phenoxy) is 1. The Hall–Kier alpha value is -2.85. The van der Waals surface area contributed by atoms with Gasteiger partial charge in [0.05, 0.1) is 12.2 Å². The SMILES string of the molecule is CCOC(=O)c1ccc(S(=O)(=O)N2CCC(C(=O)Nc3ccc(F)cc3)CC2)c(F)c1. The maximum Gasteiger partial charge on any atom is 0.338 e. The monoisotopic (exact) mass is 452 g/mol. The molecule has 0 aromatic heterocycles. The molecule has 7 nitrogen and oxygen atoms in total. The lowest BCUT2D eigenvalue weighted by Crippen LogP contribution is -2.41. The highest BCUT2D eigenvalue weighted by Gasteiger charge is 2.33. The lowest BCUT2D eigenvalue weighted by atomic mass is 9.97. The molecule has 166 valence electrons. The van der Waals surface area contributed by atoms with E-state index in [2.05, 4.69) is 5.32 Å². The molecular formula is C21H22F2N2O5S. The molecule has 10 heteroatoms. The van der Waals surface area contributed by atoms with E-state index in [0.717, 1.165) is 16.4 Å². The molecule has 0 spiro atoms. The van der Waals surface area contributed by atoms with Crippen molar-refractivity contribution in [1.29, 1.82) is 0 Å². The molecule has 2 aromatic rings. The fraction of sp³-hybridized carbons (Fsp3) is 0.333. The molecule has 1 saturated heterocycles. The molecule has 1 amide bonds. The number of esters is 1. The number of hydrogen-bond donors (Lipinski definition) is 1. The Balaban J connectivity index is 1.65. The van der Waals surface area contributed by atoms with E-state index in [-0.39, 0.29) is 44.0 Å². The minimum Gasteiger partial charge on any atom is -0.462 e. The molecular weight excluding hydrogens is 430 g/mol.